The summed E-state index contributed by atoms with van der Waals surface area (Å²) in [7, 11) is 1.05. The van der Waals surface area contributed by atoms with E-state index < -0.39 is 25.1 Å². The Balaban J connectivity index is 2.58. The molecule has 12 heavy (non-hydrogen) atoms. The summed E-state index contributed by atoms with van der Waals surface area (Å²) in [6, 6.07) is 0. The molecule has 72 valence electrons. The number of methoxy groups -OCH3 is 1. The Labute approximate surface area is 65.2 Å². The number of ether oxygens (including phenoxy) is 3. The van der Waals surface area contributed by atoms with E-state index in [0.717, 1.165) is 7.11 Å². The second-order valence-electron chi connectivity index (χ2n) is 2.11. The zero-order chi connectivity index (χ0) is 9.35. The fourth-order valence-electron chi connectivity index (χ4n) is 0.728. The van der Waals surface area contributed by atoms with E-state index in [0.29, 0.717) is 0 Å². The first-order chi connectivity index (χ1) is 5.45. The Kier molecular flexibility index (Phi) is 2.55. The summed E-state index contributed by atoms with van der Waals surface area (Å²) in [6.07, 6.45) is -9.84. The summed E-state index contributed by atoms with van der Waals surface area (Å²) in [4.78, 5) is 0. The lowest BCUT2D eigenvalue weighted by Gasteiger charge is -2.13. The van der Waals surface area contributed by atoms with Gasteiger partial charge in [0.25, 0.3) is 6.48 Å². The zero-order valence-corrected chi connectivity index (χ0v) is 5.97. The van der Waals surface area contributed by atoms with Crippen LogP contribution in [-0.4, -0.2) is 32.2 Å². The number of hydrogen-bond donors (Lipinski definition) is 0. The van der Waals surface area contributed by atoms with Crippen molar-refractivity contribution in [3.63, 3.8) is 0 Å². The van der Waals surface area contributed by atoms with Crippen molar-refractivity contribution in [2.45, 2.75) is 25.1 Å². The molecule has 1 aliphatic rings. The number of halogens is 4. The number of hydrogen-bond acceptors (Lipinski definition) is 3. The van der Waals surface area contributed by atoms with Crippen LogP contribution >= 0.6 is 0 Å². The maximum Gasteiger partial charge on any atom is 0.420 e. The van der Waals surface area contributed by atoms with E-state index in [1.165, 1.54) is 0 Å². The average Bonchev–Trinajstić information content (AvgIpc) is 2.29. The highest BCUT2D eigenvalue weighted by Gasteiger charge is 2.53. The first-order valence-corrected chi connectivity index (χ1v) is 2.99. The third-order valence-electron chi connectivity index (χ3n) is 1.25. The van der Waals surface area contributed by atoms with Crippen molar-refractivity contribution in [1.29, 1.82) is 0 Å². The highest BCUT2D eigenvalue weighted by Crippen LogP contribution is 2.33. The fourth-order valence-corrected chi connectivity index (χ4v) is 0.728. The lowest BCUT2D eigenvalue weighted by molar-refractivity contribution is -0.265. The summed E-state index contributed by atoms with van der Waals surface area (Å²) in [5.41, 5.74) is 0. The van der Waals surface area contributed by atoms with Crippen LogP contribution in [0.5, 0.6) is 0 Å². The second-order valence-corrected chi connectivity index (χ2v) is 2.11. The van der Waals surface area contributed by atoms with Gasteiger partial charge in [-0.1, -0.05) is 0 Å². The minimum atomic E-state index is -4.77. The van der Waals surface area contributed by atoms with Crippen LogP contribution in [0.15, 0.2) is 0 Å². The third-order valence-corrected chi connectivity index (χ3v) is 1.25. The largest absolute Gasteiger partial charge is 0.420 e. The van der Waals surface area contributed by atoms with Crippen LogP contribution < -0.4 is 0 Å². The van der Waals surface area contributed by atoms with Crippen LogP contribution in [0.3, 0.4) is 0 Å². The van der Waals surface area contributed by atoms with Crippen LogP contribution in [0.25, 0.3) is 0 Å². The first-order valence-electron chi connectivity index (χ1n) is 2.99. The fraction of sp³-hybridized carbons (Fsp3) is 1.00. The molecule has 3 unspecified atom stereocenters. The van der Waals surface area contributed by atoms with E-state index in [1.807, 2.05) is 0 Å². The van der Waals surface area contributed by atoms with Gasteiger partial charge in [0.05, 0.1) is 0 Å². The molecule has 1 rings (SSSR count). The molecule has 1 heterocycles. The zero-order valence-electron chi connectivity index (χ0n) is 5.97. The SMILES string of the molecule is COC1OC(F)C(C(F)(F)F)O1. The van der Waals surface area contributed by atoms with Crippen molar-refractivity contribution in [2.75, 3.05) is 7.11 Å². The van der Waals surface area contributed by atoms with Crippen LogP contribution in [0.2, 0.25) is 0 Å². The molecule has 0 aromatic rings. The van der Waals surface area contributed by atoms with Crippen LogP contribution in [0.1, 0.15) is 0 Å². The standard InChI is InChI=1S/C5H6F4O3/c1-10-4-11-2(3(6)12-4)5(7,8)9/h2-4H,1H3. The predicted octanol–water partition coefficient (Wildman–Crippen LogP) is 1.19. The Morgan fingerprint density at radius 3 is 2.08 bits per heavy atom. The molecule has 3 nitrogen and oxygen atoms in total. The molecule has 0 radical (unpaired) electrons. The first kappa shape index (κ1) is 9.69. The van der Waals surface area contributed by atoms with Crippen LogP contribution in [0.4, 0.5) is 17.6 Å². The third kappa shape index (κ3) is 1.85. The van der Waals surface area contributed by atoms with Gasteiger partial charge in [-0.15, -0.1) is 0 Å². The van der Waals surface area contributed by atoms with Gasteiger partial charge in [-0.3, -0.25) is 4.74 Å². The van der Waals surface area contributed by atoms with E-state index in [2.05, 4.69) is 14.2 Å². The van der Waals surface area contributed by atoms with Crippen molar-refractivity contribution >= 4 is 0 Å². The maximum absolute atomic E-state index is 12.4. The molecule has 1 fully saturated rings. The summed E-state index contributed by atoms with van der Waals surface area (Å²) in [5, 5.41) is 0. The molecule has 0 saturated carbocycles. The summed E-state index contributed by atoms with van der Waals surface area (Å²) in [6.45, 7) is -1.58. The summed E-state index contributed by atoms with van der Waals surface area (Å²) >= 11 is 0. The van der Waals surface area contributed by atoms with Gasteiger partial charge in [-0.05, 0) is 0 Å². The maximum atomic E-state index is 12.4. The van der Waals surface area contributed by atoms with Gasteiger partial charge in [0, 0.05) is 7.11 Å². The van der Waals surface area contributed by atoms with Gasteiger partial charge in [-0.25, -0.2) is 4.39 Å². The van der Waals surface area contributed by atoms with E-state index in [1.54, 1.807) is 0 Å². The van der Waals surface area contributed by atoms with Crippen molar-refractivity contribution in [1.82, 2.24) is 0 Å². The van der Waals surface area contributed by atoms with Gasteiger partial charge in [0.15, 0.2) is 0 Å². The smallest absolute Gasteiger partial charge is 0.333 e. The van der Waals surface area contributed by atoms with E-state index in [9.17, 15) is 17.6 Å². The average molecular weight is 190 g/mol. The lowest BCUT2D eigenvalue weighted by Crippen LogP contribution is -2.35. The van der Waals surface area contributed by atoms with E-state index in [4.69, 9.17) is 0 Å². The van der Waals surface area contributed by atoms with Gasteiger partial charge in [0.2, 0.25) is 12.5 Å². The van der Waals surface area contributed by atoms with Crippen molar-refractivity contribution in [2.24, 2.45) is 0 Å². The molecule has 7 heteroatoms. The van der Waals surface area contributed by atoms with Crippen molar-refractivity contribution in [3.05, 3.63) is 0 Å². The second kappa shape index (κ2) is 3.15. The lowest BCUT2D eigenvalue weighted by atomic mass is 10.3. The van der Waals surface area contributed by atoms with Gasteiger partial charge >= 0.3 is 6.18 Å². The van der Waals surface area contributed by atoms with Crippen molar-refractivity contribution < 1.29 is 31.8 Å². The molecular weight excluding hydrogens is 184 g/mol. The molecule has 1 aliphatic heterocycles. The molecule has 0 N–H and O–H groups in total. The molecule has 0 bridgehead atoms. The number of rotatable bonds is 1. The minimum absolute atomic E-state index is 1.05. The highest BCUT2D eigenvalue weighted by atomic mass is 19.4. The van der Waals surface area contributed by atoms with E-state index >= 15 is 0 Å². The minimum Gasteiger partial charge on any atom is -0.333 e. The predicted molar refractivity (Wildman–Crippen MR) is 27.7 cm³/mol. The van der Waals surface area contributed by atoms with Gasteiger partial charge in [-0.2, -0.15) is 13.2 Å². The van der Waals surface area contributed by atoms with Gasteiger partial charge < -0.3 is 9.47 Å². The molecule has 0 aliphatic carbocycles. The Hall–Kier alpha value is -0.400. The highest BCUT2D eigenvalue weighted by molar-refractivity contribution is 4.74. The molecule has 0 amide bonds. The Morgan fingerprint density at radius 1 is 1.25 bits per heavy atom. The van der Waals surface area contributed by atoms with Crippen molar-refractivity contribution in [3.8, 4) is 0 Å². The van der Waals surface area contributed by atoms with Crippen LogP contribution in [0, 0.1) is 0 Å². The van der Waals surface area contributed by atoms with Crippen LogP contribution in [-0.2, 0) is 14.2 Å². The summed E-state index contributed by atoms with van der Waals surface area (Å²) in [5.74, 6) is 0. The quantitative estimate of drug-likeness (QED) is 0.581. The molecule has 1 saturated heterocycles. The number of alkyl halides is 4. The molecule has 0 spiro atoms. The Morgan fingerprint density at radius 2 is 1.83 bits per heavy atom. The molecular formula is C5H6F4O3. The summed E-state index contributed by atoms with van der Waals surface area (Å²) < 4.78 is 60.1. The molecule has 0 aromatic heterocycles. The molecule has 3 atom stereocenters. The van der Waals surface area contributed by atoms with Gasteiger partial charge in [0.1, 0.15) is 0 Å². The Bertz CT molecular complexity index is 159. The molecule has 0 aromatic carbocycles. The topological polar surface area (TPSA) is 27.7 Å². The normalized spacial score (nSPS) is 37.2. The monoisotopic (exact) mass is 190 g/mol. The van der Waals surface area contributed by atoms with E-state index in [-0.39, 0.29) is 0 Å².